The molecule has 0 spiro atoms. The summed E-state index contributed by atoms with van der Waals surface area (Å²) in [5, 5.41) is 1.90. The molecule has 146 valence electrons. The van der Waals surface area contributed by atoms with Gasteiger partial charge in [0.05, 0.1) is 12.4 Å². The minimum atomic E-state index is 0.545. The Bertz CT molecular complexity index is 1260. The van der Waals surface area contributed by atoms with Crippen molar-refractivity contribution in [2.75, 3.05) is 0 Å². The molecule has 0 bridgehead atoms. The third kappa shape index (κ3) is 2.91. The Labute approximate surface area is 167 Å². The number of ether oxygens (including phenoxy) is 2. The highest BCUT2D eigenvalue weighted by Crippen LogP contribution is 2.35. The number of benzene rings is 2. The molecule has 5 rings (SSSR count). The van der Waals surface area contributed by atoms with E-state index >= 15 is 0 Å². The Morgan fingerprint density at radius 3 is 1.55 bits per heavy atom. The second-order valence-electron chi connectivity index (χ2n) is 7.10. The molecule has 0 N–H and O–H groups in total. The van der Waals surface area contributed by atoms with Crippen LogP contribution in [0, 0.1) is 13.8 Å². The van der Waals surface area contributed by atoms with Crippen molar-refractivity contribution < 1.29 is 13.9 Å². The van der Waals surface area contributed by atoms with E-state index in [2.05, 4.69) is 9.97 Å². The highest BCUT2D eigenvalue weighted by atomic mass is 16.5. The molecule has 0 saturated heterocycles. The Morgan fingerprint density at radius 2 is 1.17 bits per heavy atom. The van der Waals surface area contributed by atoms with Crippen LogP contribution in [0.5, 0.6) is 23.5 Å². The number of aromatic nitrogens is 4. The Kier molecular flexibility index (Phi) is 3.84. The minimum Gasteiger partial charge on any atom is -0.456 e. The van der Waals surface area contributed by atoms with E-state index in [0.29, 0.717) is 23.5 Å². The predicted molar refractivity (Wildman–Crippen MR) is 110 cm³/mol. The van der Waals surface area contributed by atoms with Crippen molar-refractivity contribution in [1.82, 2.24) is 19.1 Å². The molecule has 2 aromatic carbocycles. The first-order valence-electron chi connectivity index (χ1n) is 9.28. The lowest BCUT2D eigenvalue weighted by molar-refractivity contribution is 0.423. The summed E-state index contributed by atoms with van der Waals surface area (Å²) in [6.07, 6.45) is 3.56. The summed E-state index contributed by atoms with van der Waals surface area (Å²) in [6.45, 7) is 3.97. The standard InChI is InChI=1S/C22H20N4O3/c1-13-11-23-21(25(13)3)27-15-5-7-19-17(9-15)18-10-16(6-8-20(18)29-19)28-22-24-12-14(2)26(22)4/h5-12H,1-4H3. The molecule has 0 fully saturated rings. The molecular formula is C22H20N4O3. The maximum absolute atomic E-state index is 5.97. The first-order valence-corrected chi connectivity index (χ1v) is 9.28. The lowest BCUT2D eigenvalue weighted by Gasteiger charge is -2.06. The van der Waals surface area contributed by atoms with Crippen molar-refractivity contribution in [2.45, 2.75) is 13.8 Å². The van der Waals surface area contributed by atoms with Gasteiger partial charge in [-0.3, -0.25) is 0 Å². The van der Waals surface area contributed by atoms with E-state index < -0.39 is 0 Å². The predicted octanol–water partition coefficient (Wildman–Crippen LogP) is 5.25. The Morgan fingerprint density at radius 1 is 0.724 bits per heavy atom. The Hall–Kier alpha value is -3.74. The van der Waals surface area contributed by atoms with E-state index in [1.807, 2.05) is 73.5 Å². The summed E-state index contributed by atoms with van der Waals surface area (Å²) in [7, 11) is 3.85. The number of imidazole rings is 2. The summed E-state index contributed by atoms with van der Waals surface area (Å²) in [6, 6.07) is 12.6. The molecule has 7 heteroatoms. The van der Waals surface area contributed by atoms with Gasteiger partial charge in [0.2, 0.25) is 0 Å². The number of aryl methyl sites for hydroxylation is 2. The largest absolute Gasteiger partial charge is 0.456 e. The van der Waals surface area contributed by atoms with Crippen LogP contribution in [-0.2, 0) is 14.1 Å². The molecule has 0 saturated carbocycles. The van der Waals surface area contributed by atoms with Gasteiger partial charge in [0.15, 0.2) is 0 Å². The number of nitrogens with zero attached hydrogens (tertiary/aromatic N) is 4. The molecule has 7 nitrogen and oxygen atoms in total. The molecule has 3 heterocycles. The highest BCUT2D eigenvalue weighted by Gasteiger charge is 2.13. The van der Waals surface area contributed by atoms with E-state index in [1.165, 1.54) is 0 Å². The van der Waals surface area contributed by atoms with Crippen LogP contribution < -0.4 is 9.47 Å². The molecule has 0 aliphatic heterocycles. The molecule has 0 atom stereocenters. The first-order chi connectivity index (χ1) is 14.0. The van der Waals surface area contributed by atoms with Gasteiger partial charge in [0.25, 0.3) is 0 Å². The second-order valence-corrected chi connectivity index (χ2v) is 7.10. The SMILES string of the molecule is Cc1cnc(Oc2ccc3oc4ccc(Oc5ncc(C)n5C)cc4c3c2)n1C. The van der Waals surface area contributed by atoms with E-state index in [1.54, 1.807) is 12.4 Å². The molecule has 3 aromatic heterocycles. The monoisotopic (exact) mass is 388 g/mol. The molecule has 0 aliphatic carbocycles. The van der Waals surface area contributed by atoms with Crippen molar-refractivity contribution in [3.63, 3.8) is 0 Å². The van der Waals surface area contributed by atoms with Gasteiger partial charge < -0.3 is 23.0 Å². The summed E-state index contributed by atoms with van der Waals surface area (Å²) in [5.41, 5.74) is 3.63. The van der Waals surface area contributed by atoms with Gasteiger partial charge in [-0.05, 0) is 50.2 Å². The van der Waals surface area contributed by atoms with Crippen LogP contribution in [-0.4, -0.2) is 19.1 Å². The van der Waals surface area contributed by atoms with Crippen molar-refractivity contribution in [1.29, 1.82) is 0 Å². The van der Waals surface area contributed by atoms with E-state index in [-0.39, 0.29) is 0 Å². The summed E-state index contributed by atoms with van der Waals surface area (Å²) in [4.78, 5) is 8.60. The van der Waals surface area contributed by atoms with Gasteiger partial charge in [-0.25, -0.2) is 9.97 Å². The number of rotatable bonds is 4. The number of furan rings is 1. The van der Waals surface area contributed by atoms with Crippen LogP contribution >= 0.6 is 0 Å². The Balaban J connectivity index is 1.54. The molecule has 0 aliphatic rings. The van der Waals surface area contributed by atoms with E-state index in [4.69, 9.17) is 13.9 Å². The van der Waals surface area contributed by atoms with Crippen LogP contribution in [0.15, 0.2) is 53.2 Å². The van der Waals surface area contributed by atoms with Gasteiger partial charge in [-0.15, -0.1) is 0 Å². The fraction of sp³-hybridized carbons (Fsp3) is 0.182. The summed E-state index contributed by atoms with van der Waals surface area (Å²) >= 11 is 0. The minimum absolute atomic E-state index is 0.545. The topological polar surface area (TPSA) is 67.2 Å². The summed E-state index contributed by atoms with van der Waals surface area (Å²) in [5.74, 6) is 1.39. The van der Waals surface area contributed by atoms with Crippen molar-refractivity contribution >= 4 is 21.9 Å². The zero-order chi connectivity index (χ0) is 20.1. The van der Waals surface area contributed by atoms with Gasteiger partial charge in [-0.1, -0.05) is 0 Å². The second kappa shape index (κ2) is 6.41. The molecular weight excluding hydrogens is 368 g/mol. The van der Waals surface area contributed by atoms with Crippen LogP contribution in [0.4, 0.5) is 0 Å². The average molecular weight is 388 g/mol. The molecule has 0 unspecified atom stereocenters. The molecule has 5 aromatic rings. The molecule has 0 radical (unpaired) electrons. The maximum atomic E-state index is 5.97. The van der Waals surface area contributed by atoms with Crippen LogP contribution in [0.2, 0.25) is 0 Å². The first kappa shape index (κ1) is 17.4. The smallest absolute Gasteiger partial charge is 0.301 e. The van der Waals surface area contributed by atoms with Crippen molar-refractivity contribution in [2.24, 2.45) is 14.1 Å². The van der Waals surface area contributed by atoms with Crippen LogP contribution in [0.1, 0.15) is 11.4 Å². The quantitative estimate of drug-likeness (QED) is 0.420. The fourth-order valence-electron chi connectivity index (χ4n) is 3.21. The lowest BCUT2D eigenvalue weighted by atomic mass is 10.1. The van der Waals surface area contributed by atoms with Gasteiger partial charge in [-0.2, -0.15) is 0 Å². The highest BCUT2D eigenvalue weighted by molar-refractivity contribution is 6.05. The van der Waals surface area contributed by atoms with Gasteiger partial charge >= 0.3 is 12.0 Å². The van der Waals surface area contributed by atoms with Crippen molar-refractivity contribution in [3.8, 4) is 23.5 Å². The number of hydrogen-bond donors (Lipinski definition) is 0. The lowest BCUT2D eigenvalue weighted by Crippen LogP contribution is -1.96. The maximum Gasteiger partial charge on any atom is 0.301 e. The zero-order valence-corrected chi connectivity index (χ0v) is 16.6. The third-order valence-corrected chi connectivity index (χ3v) is 5.19. The van der Waals surface area contributed by atoms with Crippen molar-refractivity contribution in [3.05, 3.63) is 60.2 Å². The molecule has 0 amide bonds. The number of hydrogen-bond acceptors (Lipinski definition) is 5. The average Bonchev–Trinajstić information content (AvgIpc) is 3.34. The van der Waals surface area contributed by atoms with Crippen LogP contribution in [0.3, 0.4) is 0 Å². The fourth-order valence-corrected chi connectivity index (χ4v) is 3.21. The zero-order valence-electron chi connectivity index (χ0n) is 16.6. The molecule has 29 heavy (non-hydrogen) atoms. The van der Waals surface area contributed by atoms with Gasteiger partial charge in [0.1, 0.15) is 22.7 Å². The van der Waals surface area contributed by atoms with E-state index in [0.717, 1.165) is 33.3 Å². The van der Waals surface area contributed by atoms with Gasteiger partial charge in [0, 0.05) is 36.3 Å². The van der Waals surface area contributed by atoms with Crippen LogP contribution in [0.25, 0.3) is 21.9 Å². The van der Waals surface area contributed by atoms with E-state index in [9.17, 15) is 0 Å². The summed E-state index contributed by atoms with van der Waals surface area (Å²) < 4.78 is 21.7. The third-order valence-electron chi connectivity index (χ3n) is 5.19. The number of fused-ring (bicyclic) bond motifs is 3. The normalized spacial score (nSPS) is 11.4.